The summed E-state index contributed by atoms with van der Waals surface area (Å²) in [6.07, 6.45) is 4.44. The zero-order chi connectivity index (χ0) is 8.39. The molecule has 1 aromatic rings. The Balaban J connectivity index is 1.98. The molecule has 1 saturated carbocycles. The van der Waals surface area contributed by atoms with Crippen molar-refractivity contribution in [3.8, 4) is 5.75 Å². The molecule has 12 heavy (non-hydrogen) atoms. The largest absolute Gasteiger partial charge is 0.483 e. The van der Waals surface area contributed by atoms with E-state index in [0.29, 0.717) is 0 Å². The molecule has 0 N–H and O–H groups in total. The molecule has 2 rings (SSSR count). The van der Waals surface area contributed by atoms with Crippen LogP contribution in [0.1, 0.15) is 19.3 Å². The lowest BCUT2D eigenvalue weighted by atomic mass is 9.96. The summed E-state index contributed by atoms with van der Waals surface area (Å²) in [7, 11) is 0. The minimum Gasteiger partial charge on any atom is -0.483 e. The standard InChI is InChI=1S/C10H10FO/c11-8-4-6-10(7-5-8)12-9-2-1-3-9/h4-7H,1-3H2. The number of hydrogen-bond acceptors (Lipinski definition) is 1. The second kappa shape index (κ2) is 3.13. The first-order valence-electron chi connectivity index (χ1n) is 4.13. The van der Waals surface area contributed by atoms with Crippen LogP contribution in [0.15, 0.2) is 24.3 Å². The van der Waals surface area contributed by atoms with E-state index in [4.69, 9.17) is 4.74 Å². The van der Waals surface area contributed by atoms with Gasteiger partial charge in [-0.1, -0.05) is 0 Å². The second-order valence-electron chi connectivity index (χ2n) is 2.95. The van der Waals surface area contributed by atoms with Gasteiger partial charge >= 0.3 is 0 Å². The van der Waals surface area contributed by atoms with E-state index in [2.05, 4.69) is 0 Å². The molecule has 1 nitrogen and oxygen atoms in total. The van der Waals surface area contributed by atoms with E-state index in [1.165, 1.54) is 18.6 Å². The molecule has 0 heterocycles. The van der Waals surface area contributed by atoms with Gasteiger partial charge in [-0.05, 0) is 43.5 Å². The summed E-state index contributed by atoms with van der Waals surface area (Å²) < 4.78 is 17.9. The maximum Gasteiger partial charge on any atom is 0.148 e. The third-order valence-electron chi connectivity index (χ3n) is 1.99. The average molecular weight is 165 g/mol. The van der Waals surface area contributed by atoms with Crippen LogP contribution in [0, 0.1) is 11.9 Å². The highest BCUT2D eigenvalue weighted by molar-refractivity contribution is 5.23. The summed E-state index contributed by atoms with van der Waals surface area (Å²) in [6, 6.07) is 6.13. The predicted octanol–water partition coefficient (Wildman–Crippen LogP) is 2.92. The monoisotopic (exact) mass is 165 g/mol. The smallest absolute Gasteiger partial charge is 0.148 e. The molecule has 2 heteroatoms. The number of hydrogen-bond donors (Lipinski definition) is 0. The molecule has 0 amide bonds. The molecule has 1 fully saturated rings. The lowest BCUT2D eigenvalue weighted by Gasteiger charge is -2.24. The minimum absolute atomic E-state index is 0.221. The first-order chi connectivity index (χ1) is 5.84. The normalized spacial score (nSPS) is 17.1. The fourth-order valence-electron chi connectivity index (χ4n) is 1.09. The highest BCUT2D eigenvalue weighted by Gasteiger charge is 2.20. The Kier molecular flexibility index (Phi) is 1.98. The molecule has 1 aliphatic carbocycles. The van der Waals surface area contributed by atoms with Gasteiger partial charge in [0, 0.05) is 0 Å². The Hall–Kier alpha value is -1.05. The summed E-state index contributed by atoms with van der Waals surface area (Å²) >= 11 is 0. The van der Waals surface area contributed by atoms with Gasteiger partial charge in [0.2, 0.25) is 0 Å². The van der Waals surface area contributed by atoms with Crippen LogP contribution >= 0.6 is 0 Å². The predicted molar refractivity (Wildman–Crippen MR) is 44.1 cm³/mol. The maximum atomic E-state index is 12.5. The Bertz CT molecular complexity index is 251. The molecule has 0 aliphatic heterocycles. The van der Waals surface area contributed by atoms with Crippen LogP contribution in [0.2, 0.25) is 0 Å². The van der Waals surface area contributed by atoms with E-state index in [1.807, 2.05) is 0 Å². The number of benzene rings is 1. The van der Waals surface area contributed by atoms with Crippen LogP contribution < -0.4 is 4.74 Å². The van der Waals surface area contributed by atoms with Crippen molar-refractivity contribution in [1.29, 1.82) is 0 Å². The summed E-state index contributed by atoms with van der Waals surface area (Å²) in [5, 5.41) is 0. The number of ether oxygens (including phenoxy) is 1. The lowest BCUT2D eigenvalue weighted by Crippen LogP contribution is -2.15. The summed E-state index contributed by atoms with van der Waals surface area (Å²) in [5.74, 6) is 0.520. The number of rotatable bonds is 2. The van der Waals surface area contributed by atoms with Crippen LogP contribution in [0.3, 0.4) is 0 Å². The zero-order valence-electron chi connectivity index (χ0n) is 6.72. The fourth-order valence-corrected chi connectivity index (χ4v) is 1.09. The molecule has 0 saturated heterocycles. The highest BCUT2D eigenvalue weighted by Crippen LogP contribution is 2.31. The van der Waals surface area contributed by atoms with Crippen molar-refractivity contribution in [3.05, 3.63) is 36.2 Å². The van der Waals surface area contributed by atoms with E-state index >= 15 is 0 Å². The van der Waals surface area contributed by atoms with Crippen molar-refractivity contribution in [2.45, 2.75) is 19.3 Å². The minimum atomic E-state index is -0.221. The van der Waals surface area contributed by atoms with E-state index in [1.54, 1.807) is 12.1 Å². The van der Waals surface area contributed by atoms with Crippen LogP contribution in [0.5, 0.6) is 5.75 Å². The molecule has 0 atom stereocenters. The summed E-state index contributed by atoms with van der Waals surface area (Å²) in [4.78, 5) is 0. The van der Waals surface area contributed by atoms with Crippen molar-refractivity contribution in [3.63, 3.8) is 0 Å². The van der Waals surface area contributed by atoms with Crippen molar-refractivity contribution >= 4 is 0 Å². The van der Waals surface area contributed by atoms with Gasteiger partial charge < -0.3 is 4.74 Å². The molecule has 0 spiro atoms. The number of halogens is 1. The van der Waals surface area contributed by atoms with Gasteiger partial charge in [-0.15, -0.1) is 0 Å². The van der Waals surface area contributed by atoms with Crippen molar-refractivity contribution in [2.24, 2.45) is 0 Å². The molecule has 1 radical (unpaired) electrons. The van der Waals surface area contributed by atoms with Gasteiger partial charge in [-0.2, -0.15) is 0 Å². The van der Waals surface area contributed by atoms with E-state index in [9.17, 15) is 4.39 Å². The first kappa shape index (κ1) is 7.59. The van der Waals surface area contributed by atoms with Gasteiger partial charge in [0.05, 0.1) is 0 Å². The van der Waals surface area contributed by atoms with Crippen molar-refractivity contribution in [2.75, 3.05) is 0 Å². The SMILES string of the molecule is Fc1ccc(O[C]2CCC2)cc1. The highest BCUT2D eigenvalue weighted by atomic mass is 19.1. The second-order valence-corrected chi connectivity index (χ2v) is 2.95. The van der Waals surface area contributed by atoms with Gasteiger partial charge in [-0.3, -0.25) is 0 Å². The van der Waals surface area contributed by atoms with Crippen LogP contribution in [-0.4, -0.2) is 0 Å². The molecule has 1 aromatic carbocycles. The molecule has 63 valence electrons. The van der Waals surface area contributed by atoms with E-state index < -0.39 is 0 Å². The fraction of sp³-hybridized carbons (Fsp3) is 0.300. The Labute approximate surface area is 71.2 Å². The summed E-state index contributed by atoms with van der Waals surface area (Å²) in [6.45, 7) is 0. The van der Waals surface area contributed by atoms with Crippen LogP contribution in [0.25, 0.3) is 0 Å². The topological polar surface area (TPSA) is 9.23 Å². The Morgan fingerprint density at radius 3 is 2.25 bits per heavy atom. The van der Waals surface area contributed by atoms with E-state index in [-0.39, 0.29) is 5.82 Å². The Morgan fingerprint density at radius 1 is 1.08 bits per heavy atom. The third-order valence-corrected chi connectivity index (χ3v) is 1.99. The van der Waals surface area contributed by atoms with Crippen molar-refractivity contribution < 1.29 is 9.13 Å². The first-order valence-corrected chi connectivity index (χ1v) is 4.13. The van der Waals surface area contributed by atoms with Gasteiger partial charge in [0.15, 0.2) is 0 Å². The zero-order valence-corrected chi connectivity index (χ0v) is 6.72. The quantitative estimate of drug-likeness (QED) is 0.654. The van der Waals surface area contributed by atoms with Crippen LogP contribution in [0.4, 0.5) is 4.39 Å². The average Bonchev–Trinajstić information content (AvgIpc) is 2.00. The van der Waals surface area contributed by atoms with Gasteiger partial charge in [0.25, 0.3) is 0 Å². The van der Waals surface area contributed by atoms with E-state index in [0.717, 1.165) is 24.7 Å². The third kappa shape index (κ3) is 1.58. The lowest BCUT2D eigenvalue weighted by molar-refractivity contribution is 0.232. The Morgan fingerprint density at radius 2 is 1.75 bits per heavy atom. The maximum absolute atomic E-state index is 12.5. The van der Waals surface area contributed by atoms with Crippen LogP contribution in [-0.2, 0) is 0 Å². The van der Waals surface area contributed by atoms with Gasteiger partial charge in [-0.25, -0.2) is 4.39 Å². The van der Waals surface area contributed by atoms with Gasteiger partial charge in [0.1, 0.15) is 17.7 Å². The molecule has 0 unspecified atom stereocenters. The summed E-state index contributed by atoms with van der Waals surface area (Å²) in [5.41, 5.74) is 0. The molecular weight excluding hydrogens is 155 g/mol. The molecule has 0 bridgehead atoms. The van der Waals surface area contributed by atoms with Crippen molar-refractivity contribution in [1.82, 2.24) is 0 Å². The molecule has 1 aliphatic rings. The molecular formula is C10H10FO. The molecule has 0 aromatic heterocycles.